The molecule has 4 rings (SSSR count). The van der Waals surface area contributed by atoms with Gasteiger partial charge in [-0.15, -0.1) is 0 Å². The molecule has 0 unspecified atom stereocenters. The highest BCUT2D eigenvalue weighted by Gasteiger charge is 2.13. The predicted octanol–water partition coefficient (Wildman–Crippen LogP) is 5.31. The van der Waals surface area contributed by atoms with Gasteiger partial charge in [0, 0.05) is 28.5 Å². The molecule has 0 N–H and O–H groups in total. The second-order valence-electron chi connectivity index (χ2n) is 6.35. The van der Waals surface area contributed by atoms with Crippen molar-refractivity contribution < 1.29 is 0 Å². The van der Waals surface area contributed by atoms with Gasteiger partial charge in [-0.1, -0.05) is 48.5 Å². The molecule has 2 heterocycles. The lowest BCUT2D eigenvalue weighted by Gasteiger charge is -2.09. The van der Waals surface area contributed by atoms with Gasteiger partial charge in [0.25, 0.3) is 0 Å². The summed E-state index contributed by atoms with van der Waals surface area (Å²) in [6.45, 7) is 7.11. The number of fused-ring (bicyclic) bond motifs is 3. The number of hydrogen-bond acceptors (Lipinski definition) is 1. The average molecular weight is 313 g/mol. The van der Waals surface area contributed by atoms with Gasteiger partial charge in [-0.25, -0.2) is 0 Å². The largest absolute Gasteiger partial charge is 0.339 e. The van der Waals surface area contributed by atoms with Crippen molar-refractivity contribution in [2.24, 2.45) is 0 Å². The van der Waals surface area contributed by atoms with E-state index in [2.05, 4.69) is 84.1 Å². The quantitative estimate of drug-likeness (QED) is 0.499. The highest BCUT2D eigenvalue weighted by Crippen LogP contribution is 2.31. The molecule has 1 radical (unpaired) electrons. The van der Waals surface area contributed by atoms with Gasteiger partial charge >= 0.3 is 0 Å². The van der Waals surface area contributed by atoms with Gasteiger partial charge in [-0.2, -0.15) is 0 Å². The molecule has 0 spiro atoms. The highest BCUT2D eigenvalue weighted by atomic mass is 15.0. The maximum absolute atomic E-state index is 4.59. The van der Waals surface area contributed by atoms with Crippen LogP contribution in [0.15, 0.2) is 60.7 Å². The van der Waals surface area contributed by atoms with Crippen molar-refractivity contribution in [1.82, 2.24) is 9.55 Å². The van der Waals surface area contributed by atoms with Crippen LogP contribution in [0, 0.1) is 13.8 Å². The Kier molecular flexibility index (Phi) is 3.81. The van der Waals surface area contributed by atoms with Crippen LogP contribution >= 0.6 is 0 Å². The lowest BCUT2D eigenvalue weighted by atomic mass is 10.1. The zero-order valence-electron chi connectivity index (χ0n) is 14.0. The molecule has 0 amide bonds. The number of benzene rings is 2. The summed E-state index contributed by atoms with van der Waals surface area (Å²) in [5, 5.41) is 2.56. The van der Waals surface area contributed by atoms with Crippen LogP contribution in [0.25, 0.3) is 21.8 Å². The van der Waals surface area contributed by atoms with E-state index in [4.69, 9.17) is 0 Å². The number of hydrogen-bond donors (Lipinski definition) is 0. The molecule has 2 nitrogen and oxygen atoms in total. The Hall–Kier alpha value is -2.61. The normalized spacial score (nSPS) is 11.4. The molecular weight excluding hydrogens is 292 g/mol. The van der Waals surface area contributed by atoms with Crippen molar-refractivity contribution in [3.8, 4) is 0 Å². The minimum atomic E-state index is 0.840. The molecule has 2 aromatic heterocycles. The first-order chi connectivity index (χ1) is 11.7. The van der Waals surface area contributed by atoms with E-state index < -0.39 is 0 Å². The molecule has 2 heteroatoms. The van der Waals surface area contributed by atoms with E-state index in [1.165, 1.54) is 27.4 Å². The number of nitrogens with zero attached hydrogens (tertiary/aromatic N) is 2. The molecule has 0 atom stereocenters. The fraction of sp³-hybridized carbons (Fsp3) is 0.182. The maximum atomic E-state index is 4.59. The van der Waals surface area contributed by atoms with E-state index in [1.54, 1.807) is 0 Å². The fourth-order valence-electron chi connectivity index (χ4n) is 3.65. The zero-order chi connectivity index (χ0) is 16.5. The van der Waals surface area contributed by atoms with Gasteiger partial charge in [-0.3, -0.25) is 4.98 Å². The smallest absolute Gasteiger partial charge is 0.0707 e. The van der Waals surface area contributed by atoms with Crippen LogP contribution in [0.5, 0.6) is 0 Å². The standard InChI is InChI=1S/C22H21N2/c1-16-15-20-19-12-6-7-13-21(19)24(22(20)17(2)23-16)14-8-11-18-9-4-3-5-10-18/h3-7,9-10,12-13,15H,1,8,11,14H2,2H3. The molecular formula is C22H21N2. The molecule has 119 valence electrons. The van der Waals surface area contributed by atoms with Crippen molar-refractivity contribution in [3.63, 3.8) is 0 Å². The van der Waals surface area contributed by atoms with Gasteiger partial charge in [0.05, 0.1) is 11.2 Å². The van der Waals surface area contributed by atoms with Crippen molar-refractivity contribution in [2.45, 2.75) is 26.3 Å². The van der Waals surface area contributed by atoms with Crippen LogP contribution < -0.4 is 0 Å². The molecule has 0 aliphatic rings. The Bertz CT molecular complexity index is 997. The lowest BCUT2D eigenvalue weighted by Crippen LogP contribution is -2.01. The Morgan fingerprint density at radius 2 is 1.71 bits per heavy atom. The van der Waals surface area contributed by atoms with Crippen molar-refractivity contribution in [1.29, 1.82) is 0 Å². The molecule has 0 saturated carbocycles. The van der Waals surface area contributed by atoms with Crippen LogP contribution in [0.1, 0.15) is 23.4 Å². The first kappa shape index (κ1) is 14.9. The third-order valence-electron chi connectivity index (χ3n) is 4.67. The summed E-state index contributed by atoms with van der Waals surface area (Å²) in [5.41, 5.74) is 5.83. The summed E-state index contributed by atoms with van der Waals surface area (Å²) in [5.74, 6) is 0. The minimum Gasteiger partial charge on any atom is -0.339 e. The third-order valence-corrected chi connectivity index (χ3v) is 4.67. The average Bonchev–Trinajstić information content (AvgIpc) is 2.90. The third kappa shape index (κ3) is 2.58. The van der Waals surface area contributed by atoms with Crippen LogP contribution in [0.4, 0.5) is 0 Å². The summed E-state index contributed by atoms with van der Waals surface area (Å²) in [7, 11) is 0. The number of aromatic nitrogens is 2. The SMILES string of the molecule is [CH2]c1cc2c3ccccc3n(CCCc3ccccc3)c2c(C)n1. The Balaban J connectivity index is 1.75. The van der Waals surface area contributed by atoms with E-state index >= 15 is 0 Å². The zero-order valence-corrected chi connectivity index (χ0v) is 14.0. The van der Waals surface area contributed by atoms with E-state index in [0.29, 0.717) is 0 Å². The van der Waals surface area contributed by atoms with E-state index in [1.807, 2.05) is 0 Å². The van der Waals surface area contributed by atoms with E-state index in [0.717, 1.165) is 30.8 Å². The van der Waals surface area contributed by atoms with Gasteiger partial charge in [0.15, 0.2) is 0 Å². The maximum Gasteiger partial charge on any atom is 0.0707 e. The Morgan fingerprint density at radius 3 is 2.54 bits per heavy atom. The van der Waals surface area contributed by atoms with Crippen LogP contribution in [-0.4, -0.2) is 9.55 Å². The molecule has 24 heavy (non-hydrogen) atoms. The molecule has 0 saturated heterocycles. The minimum absolute atomic E-state index is 0.840. The fourth-order valence-corrected chi connectivity index (χ4v) is 3.65. The van der Waals surface area contributed by atoms with Gasteiger partial charge < -0.3 is 4.57 Å². The van der Waals surface area contributed by atoms with Crippen LogP contribution in [0.2, 0.25) is 0 Å². The highest BCUT2D eigenvalue weighted by molar-refractivity contribution is 6.08. The lowest BCUT2D eigenvalue weighted by molar-refractivity contribution is 0.676. The summed E-state index contributed by atoms with van der Waals surface area (Å²) in [6, 6.07) is 21.4. The number of rotatable bonds is 4. The van der Waals surface area contributed by atoms with E-state index in [-0.39, 0.29) is 0 Å². The summed E-state index contributed by atoms with van der Waals surface area (Å²) >= 11 is 0. The summed E-state index contributed by atoms with van der Waals surface area (Å²) < 4.78 is 2.43. The number of pyridine rings is 1. The second kappa shape index (κ2) is 6.12. The van der Waals surface area contributed by atoms with Crippen LogP contribution in [0.3, 0.4) is 0 Å². The Morgan fingerprint density at radius 1 is 0.958 bits per heavy atom. The second-order valence-corrected chi connectivity index (χ2v) is 6.35. The molecule has 2 aromatic carbocycles. The Labute approximate surface area is 142 Å². The molecule has 0 aliphatic heterocycles. The number of aryl methyl sites for hydroxylation is 3. The first-order valence-corrected chi connectivity index (χ1v) is 8.48. The first-order valence-electron chi connectivity index (χ1n) is 8.48. The van der Waals surface area contributed by atoms with Gasteiger partial charge in [0.1, 0.15) is 0 Å². The van der Waals surface area contributed by atoms with Crippen molar-refractivity contribution in [3.05, 3.63) is 84.5 Å². The molecule has 0 fully saturated rings. The molecule has 0 aliphatic carbocycles. The topological polar surface area (TPSA) is 17.8 Å². The molecule has 0 bridgehead atoms. The van der Waals surface area contributed by atoms with E-state index in [9.17, 15) is 0 Å². The monoisotopic (exact) mass is 313 g/mol. The van der Waals surface area contributed by atoms with Crippen LogP contribution in [-0.2, 0) is 13.0 Å². The van der Waals surface area contributed by atoms with Gasteiger partial charge in [0.2, 0.25) is 0 Å². The van der Waals surface area contributed by atoms with Crippen molar-refractivity contribution >= 4 is 21.8 Å². The van der Waals surface area contributed by atoms with Gasteiger partial charge in [-0.05, 0) is 44.4 Å². The predicted molar refractivity (Wildman–Crippen MR) is 101 cm³/mol. The summed E-state index contributed by atoms with van der Waals surface area (Å²) in [4.78, 5) is 4.59. The molecule has 4 aromatic rings. The van der Waals surface area contributed by atoms with Crippen molar-refractivity contribution in [2.75, 3.05) is 0 Å². The number of para-hydroxylation sites is 1. The summed E-state index contributed by atoms with van der Waals surface area (Å²) in [6.07, 6.45) is 2.21.